The molecule has 0 bridgehead atoms. The van der Waals surface area contributed by atoms with Crippen LogP contribution in [0.5, 0.6) is 0 Å². The Labute approximate surface area is 138 Å². The van der Waals surface area contributed by atoms with E-state index in [4.69, 9.17) is 0 Å². The second-order valence-electron chi connectivity index (χ2n) is 6.06. The number of aliphatic imine (C=N–C) groups is 1. The van der Waals surface area contributed by atoms with Crippen molar-refractivity contribution in [3.8, 4) is 0 Å². The molecule has 2 rings (SSSR count). The van der Waals surface area contributed by atoms with Gasteiger partial charge in [0.2, 0.25) is 0 Å². The third-order valence-corrected chi connectivity index (χ3v) is 4.00. The van der Waals surface area contributed by atoms with Crippen molar-refractivity contribution in [1.82, 2.24) is 20.2 Å². The van der Waals surface area contributed by atoms with Crippen LogP contribution in [0.3, 0.4) is 0 Å². The van der Waals surface area contributed by atoms with Crippen LogP contribution in [0.25, 0.3) is 0 Å². The summed E-state index contributed by atoms with van der Waals surface area (Å²) in [5.74, 6) is 2.35. The summed E-state index contributed by atoms with van der Waals surface area (Å²) in [6.45, 7) is 8.01. The number of hydrogen-bond acceptors (Lipinski definition) is 2. The molecular weight excluding hydrogens is 286 g/mol. The van der Waals surface area contributed by atoms with Crippen molar-refractivity contribution in [3.05, 3.63) is 54.1 Å². The highest BCUT2D eigenvalue weighted by atomic mass is 15.2. The molecular formula is C18H27N5. The average Bonchev–Trinajstić information content (AvgIpc) is 2.99. The maximum Gasteiger partial charge on any atom is 0.191 e. The molecule has 1 aromatic heterocycles. The van der Waals surface area contributed by atoms with E-state index >= 15 is 0 Å². The molecule has 0 spiro atoms. The van der Waals surface area contributed by atoms with E-state index in [0.717, 1.165) is 18.3 Å². The van der Waals surface area contributed by atoms with Gasteiger partial charge in [0.05, 0.1) is 6.54 Å². The van der Waals surface area contributed by atoms with Gasteiger partial charge in [-0.25, -0.2) is 4.98 Å². The Morgan fingerprint density at radius 1 is 1.22 bits per heavy atom. The topological polar surface area (TPSA) is 54.2 Å². The third kappa shape index (κ3) is 5.13. The van der Waals surface area contributed by atoms with Crippen LogP contribution >= 0.6 is 0 Å². The molecule has 0 aliphatic carbocycles. The number of imidazole rings is 1. The van der Waals surface area contributed by atoms with Crippen LogP contribution < -0.4 is 10.6 Å². The number of rotatable bonds is 6. The Hall–Kier alpha value is -2.30. The molecule has 0 fully saturated rings. The van der Waals surface area contributed by atoms with Crippen LogP contribution in [-0.4, -0.2) is 28.6 Å². The molecule has 0 saturated carbocycles. The molecule has 1 heterocycles. The maximum absolute atomic E-state index is 4.45. The number of nitrogens with zero attached hydrogens (tertiary/aromatic N) is 3. The van der Waals surface area contributed by atoms with Gasteiger partial charge in [0, 0.05) is 32.0 Å². The van der Waals surface area contributed by atoms with Crippen LogP contribution in [0.1, 0.15) is 32.2 Å². The summed E-state index contributed by atoms with van der Waals surface area (Å²) in [5, 5.41) is 6.74. The van der Waals surface area contributed by atoms with E-state index in [2.05, 4.69) is 70.2 Å². The SMILES string of the molecule is CN=C(NCc1nccn1Cc1ccccc1)NC(C)C(C)C. The molecule has 1 unspecified atom stereocenters. The molecule has 0 amide bonds. The van der Waals surface area contributed by atoms with Crippen molar-refractivity contribution < 1.29 is 0 Å². The van der Waals surface area contributed by atoms with E-state index in [9.17, 15) is 0 Å². The molecule has 2 aromatic rings. The van der Waals surface area contributed by atoms with E-state index in [1.54, 1.807) is 7.05 Å². The normalized spacial score (nSPS) is 13.2. The first kappa shape index (κ1) is 17.1. The third-order valence-electron chi connectivity index (χ3n) is 4.00. The molecule has 0 radical (unpaired) electrons. The van der Waals surface area contributed by atoms with Gasteiger partial charge in [0.25, 0.3) is 0 Å². The lowest BCUT2D eigenvalue weighted by atomic mass is 10.1. The fourth-order valence-corrected chi connectivity index (χ4v) is 2.17. The lowest BCUT2D eigenvalue weighted by Gasteiger charge is -2.20. The van der Waals surface area contributed by atoms with E-state index < -0.39 is 0 Å². The predicted molar refractivity (Wildman–Crippen MR) is 95.4 cm³/mol. The van der Waals surface area contributed by atoms with Crippen LogP contribution in [0, 0.1) is 5.92 Å². The van der Waals surface area contributed by atoms with E-state index in [1.165, 1.54) is 5.56 Å². The number of aromatic nitrogens is 2. The molecule has 124 valence electrons. The second kappa shape index (κ2) is 8.36. The Bertz CT molecular complexity index is 615. The molecule has 5 heteroatoms. The lowest BCUT2D eigenvalue weighted by molar-refractivity contribution is 0.480. The van der Waals surface area contributed by atoms with Crippen molar-refractivity contribution >= 4 is 5.96 Å². The van der Waals surface area contributed by atoms with E-state index in [-0.39, 0.29) is 0 Å². The van der Waals surface area contributed by atoms with Crippen LogP contribution in [0.4, 0.5) is 0 Å². The average molecular weight is 313 g/mol. The van der Waals surface area contributed by atoms with Gasteiger partial charge in [-0.2, -0.15) is 0 Å². The number of nitrogens with one attached hydrogen (secondary N) is 2. The molecule has 23 heavy (non-hydrogen) atoms. The van der Waals surface area contributed by atoms with Gasteiger partial charge in [-0.3, -0.25) is 4.99 Å². The van der Waals surface area contributed by atoms with E-state index in [0.29, 0.717) is 18.5 Å². The summed E-state index contributed by atoms with van der Waals surface area (Å²) in [4.78, 5) is 8.73. The highest BCUT2D eigenvalue weighted by molar-refractivity contribution is 5.79. The first-order valence-electron chi connectivity index (χ1n) is 8.11. The highest BCUT2D eigenvalue weighted by Crippen LogP contribution is 2.05. The zero-order chi connectivity index (χ0) is 16.7. The summed E-state index contributed by atoms with van der Waals surface area (Å²) >= 11 is 0. The predicted octanol–water partition coefficient (Wildman–Crippen LogP) is 2.64. The fraction of sp³-hybridized carbons (Fsp3) is 0.444. The smallest absolute Gasteiger partial charge is 0.191 e. The molecule has 2 N–H and O–H groups in total. The Morgan fingerprint density at radius 2 is 1.96 bits per heavy atom. The lowest BCUT2D eigenvalue weighted by Crippen LogP contribution is -2.44. The number of hydrogen-bond donors (Lipinski definition) is 2. The van der Waals surface area contributed by atoms with Crippen molar-refractivity contribution in [2.75, 3.05) is 7.05 Å². The largest absolute Gasteiger partial charge is 0.354 e. The summed E-state index contributed by atoms with van der Waals surface area (Å²) in [6.07, 6.45) is 3.85. The minimum absolute atomic E-state index is 0.366. The minimum atomic E-state index is 0.366. The molecule has 0 aliphatic heterocycles. The zero-order valence-electron chi connectivity index (χ0n) is 14.5. The van der Waals surface area contributed by atoms with Gasteiger partial charge < -0.3 is 15.2 Å². The quantitative estimate of drug-likeness (QED) is 0.637. The first-order valence-corrected chi connectivity index (χ1v) is 8.11. The van der Waals surface area contributed by atoms with Gasteiger partial charge in [0.15, 0.2) is 5.96 Å². The summed E-state index contributed by atoms with van der Waals surface area (Å²) < 4.78 is 2.15. The second-order valence-corrected chi connectivity index (χ2v) is 6.06. The Balaban J connectivity index is 1.95. The van der Waals surface area contributed by atoms with Crippen LogP contribution in [0.15, 0.2) is 47.7 Å². The highest BCUT2D eigenvalue weighted by Gasteiger charge is 2.10. The fourth-order valence-electron chi connectivity index (χ4n) is 2.17. The summed E-state index contributed by atoms with van der Waals surface area (Å²) in [7, 11) is 1.79. The van der Waals surface area contributed by atoms with E-state index in [1.807, 2.05) is 18.5 Å². The molecule has 0 saturated heterocycles. The zero-order valence-corrected chi connectivity index (χ0v) is 14.5. The summed E-state index contributed by atoms with van der Waals surface area (Å²) in [5.41, 5.74) is 1.27. The van der Waals surface area contributed by atoms with Crippen LogP contribution in [0.2, 0.25) is 0 Å². The van der Waals surface area contributed by atoms with Crippen molar-refractivity contribution in [3.63, 3.8) is 0 Å². The van der Waals surface area contributed by atoms with Gasteiger partial charge >= 0.3 is 0 Å². The molecule has 5 nitrogen and oxygen atoms in total. The molecule has 1 aromatic carbocycles. The summed E-state index contributed by atoms with van der Waals surface area (Å²) in [6, 6.07) is 10.8. The Morgan fingerprint density at radius 3 is 2.61 bits per heavy atom. The molecule has 0 aliphatic rings. The Kier molecular flexibility index (Phi) is 6.20. The van der Waals surface area contributed by atoms with Crippen molar-refractivity contribution in [2.45, 2.75) is 39.9 Å². The molecule has 1 atom stereocenters. The first-order chi connectivity index (χ1) is 11.1. The van der Waals surface area contributed by atoms with Crippen LogP contribution in [-0.2, 0) is 13.1 Å². The van der Waals surface area contributed by atoms with Gasteiger partial charge in [-0.1, -0.05) is 44.2 Å². The standard InChI is InChI=1S/C18H27N5/c1-14(2)15(3)22-18(19-4)21-12-17-20-10-11-23(17)13-16-8-6-5-7-9-16/h5-11,14-15H,12-13H2,1-4H3,(H2,19,21,22). The minimum Gasteiger partial charge on any atom is -0.354 e. The monoisotopic (exact) mass is 313 g/mol. The van der Waals surface area contributed by atoms with Gasteiger partial charge in [0.1, 0.15) is 5.82 Å². The van der Waals surface area contributed by atoms with Gasteiger partial charge in [-0.05, 0) is 18.4 Å². The number of benzene rings is 1. The van der Waals surface area contributed by atoms with Crippen molar-refractivity contribution in [2.24, 2.45) is 10.9 Å². The van der Waals surface area contributed by atoms with Crippen molar-refractivity contribution in [1.29, 1.82) is 0 Å². The maximum atomic E-state index is 4.45. The number of guanidine groups is 1. The van der Waals surface area contributed by atoms with Gasteiger partial charge in [-0.15, -0.1) is 0 Å².